The molecular formula is C11H15N3O3. The molecule has 2 rings (SSSR count). The van der Waals surface area contributed by atoms with Gasteiger partial charge in [0.1, 0.15) is 0 Å². The number of aromatic amines is 1. The van der Waals surface area contributed by atoms with Gasteiger partial charge in [-0.3, -0.25) is 4.98 Å². The summed E-state index contributed by atoms with van der Waals surface area (Å²) in [6, 6.07) is 3.22. The molecule has 6 nitrogen and oxygen atoms in total. The molecule has 0 radical (unpaired) electrons. The normalized spacial score (nSPS) is 12.8. The van der Waals surface area contributed by atoms with Crippen LogP contribution in [0.3, 0.4) is 0 Å². The Bertz CT molecular complexity index is 569. The topological polar surface area (TPSA) is 104 Å². The molecule has 0 saturated heterocycles. The van der Waals surface area contributed by atoms with Gasteiger partial charge in [0.15, 0.2) is 5.58 Å². The molecule has 0 bridgehead atoms. The van der Waals surface area contributed by atoms with E-state index in [4.69, 9.17) is 15.3 Å². The van der Waals surface area contributed by atoms with Gasteiger partial charge in [0, 0.05) is 12.1 Å². The number of hydrogen-bond acceptors (Lipinski definition) is 5. The number of aromatic nitrogens is 1. The average molecular weight is 237 g/mol. The van der Waals surface area contributed by atoms with Crippen LogP contribution in [0.4, 0.5) is 11.4 Å². The van der Waals surface area contributed by atoms with Crippen LogP contribution in [0.25, 0.3) is 11.1 Å². The molecule has 1 aromatic carbocycles. The molecule has 2 aromatic rings. The van der Waals surface area contributed by atoms with Crippen molar-refractivity contribution in [3.05, 3.63) is 22.7 Å². The highest BCUT2D eigenvalue weighted by molar-refractivity contribution is 5.85. The van der Waals surface area contributed by atoms with Crippen LogP contribution in [-0.2, 0) is 0 Å². The first-order valence-electron chi connectivity index (χ1n) is 5.43. The molecule has 6 heteroatoms. The second kappa shape index (κ2) is 4.50. The molecule has 1 heterocycles. The zero-order chi connectivity index (χ0) is 12.4. The summed E-state index contributed by atoms with van der Waals surface area (Å²) in [5.41, 5.74) is 8.00. The number of aliphatic hydroxyl groups is 1. The minimum Gasteiger partial charge on any atom is -0.408 e. The summed E-state index contributed by atoms with van der Waals surface area (Å²) in [5, 5.41) is 12.2. The SMILES string of the molecule is CCC(CO)Nc1cc2[nH]c(=O)oc2cc1N. The molecule has 0 fully saturated rings. The quantitative estimate of drug-likeness (QED) is 0.591. The van der Waals surface area contributed by atoms with Gasteiger partial charge in [0.05, 0.1) is 23.5 Å². The van der Waals surface area contributed by atoms with Crippen molar-refractivity contribution in [2.24, 2.45) is 0 Å². The number of fused-ring (bicyclic) bond motifs is 1. The second-order valence-electron chi connectivity index (χ2n) is 3.88. The number of benzene rings is 1. The van der Waals surface area contributed by atoms with Crippen molar-refractivity contribution >= 4 is 22.5 Å². The molecule has 17 heavy (non-hydrogen) atoms. The lowest BCUT2D eigenvalue weighted by molar-refractivity contribution is 0.272. The first kappa shape index (κ1) is 11.5. The molecule has 0 aliphatic carbocycles. The van der Waals surface area contributed by atoms with Crippen LogP contribution in [0, 0.1) is 0 Å². The van der Waals surface area contributed by atoms with Crippen LogP contribution in [0.2, 0.25) is 0 Å². The van der Waals surface area contributed by atoms with Gasteiger partial charge in [0.2, 0.25) is 0 Å². The highest BCUT2D eigenvalue weighted by Gasteiger charge is 2.10. The number of nitrogens with one attached hydrogen (secondary N) is 2. The van der Waals surface area contributed by atoms with E-state index in [0.717, 1.165) is 6.42 Å². The van der Waals surface area contributed by atoms with Crippen molar-refractivity contribution in [2.75, 3.05) is 17.7 Å². The number of nitrogens with two attached hydrogens (primary N) is 1. The largest absolute Gasteiger partial charge is 0.417 e. The van der Waals surface area contributed by atoms with E-state index in [0.29, 0.717) is 22.5 Å². The number of nitrogen functional groups attached to an aromatic ring is 1. The number of rotatable bonds is 4. The lowest BCUT2D eigenvalue weighted by Gasteiger charge is -2.16. The summed E-state index contributed by atoms with van der Waals surface area (Å²) in [7, 11) is 0. The van der Waals surface area contributed by atoms with Crippen LogP contribution >= 0.6 is 0 Å². The standard InChI is InChI=1S/C11H15N3O3/c1-2-6(5-15)13-8-4-9-10(3-7(8)12)17-11(16)14-9/h3-4,6,13,15H,2,5,12H2,1H3,(H,14,16). The number of hydrogen-bond donors (Lipinski definition) is 4. The summed E-state index contributed by atoms with van der Waals surface area (Å²) >= 11 is 0. The molecule has 1 atom stereocenters. The maximum Gasteiger partial charge on any atom is 0.417 e. The van der Waals surface area contributed by atoms with Gasteiger partial charge in [-0.1, -0.05) is 6.92 Å². The fourth-order valence-electron chi connectivity index (χ4n) is 1.63. The molecule has 0 saturated carbocycles. The van der Waals surface area contributed by atoms with Crippen LogP contribution < -0.4 is 16.8 Å². The zero-order valence-corrected chi connectivity index (χ0v) is 9.49. The molecule has 1 aromatic heterocycles. The van der Waals surface area contributed by atoms with Crippen molar-refractivity contribution in [3.8, 4) is 0 Å². The maximum atomic E-state index is 11.0. The monoisotopic (exact) mass is 237 g/mol. The summed E-state index contributed by atoms with van der Waals surface area (Å²) in [4.78, 5) is 13.6. The third-order valence-corrected chi connectivity index (χ3v) is 2.66. The Morgan fingerprint density at radius 1 is 1.59 bits per heavy atom. The second-order valence-corrected chi connectivity index (χ2v) is 3.88. The van der Waals surface area contributed by atoms with Crippen molar-refractivity contribution in [2.45, 2.75) is 19.4 Å². The van der Waals surface area contributed by atoms with Crippen molar-refractivity contribution in [3.63, 3.8) is 0 Å². The minimum atomic E-state index is -0.509. The Morgan fingerprint density at radius 2 is 2.35 bits per heavy atom. The third kappa shape index (κ3) is 2.26. The first-order valence-corrected chi connectivity index (χ1v) is 5.43. The van der Waals surface area contributed by atoms with Gasteiger partial charge in [-0.15, -0.1) is 0 Å². The van der Waals surface area contributed by atoms with E-state index in [1.165, 1.54) is 0 Å². The van der Waals surface area contributed by atoms with Gasteiger partial charge < -0.3 is 20.6 Å². The van der Waals surface area contributed by atoms with Gasteiger partial charge in [-0.05, 0) is 12.5 Å². The third-order valence-electron chi connectivity index (χ3n) is 2.66. The zero-order valence-electron chi connectivity index (χ0n) is 9.49. The number of oxazole rings is 1. The molecule has 5 N–H and O–H groups in total. The van der Waals surface area contributed by atoms with Gasteiger partial charge >= 0.3 is 5.76 Å². The highest BCUT2D eigenvalue weighted by Crippen LogP contribution is 2.25. The van der Waals surface area contributed by atoms with Crippen molar-refractivity contribution in [1.82, 2.24) is 4.98 Å². The smallest absolute Gasteiger partial charge is 0.408 e. The van der Waals surface area contributed by atoms with E-state index in [9.17, 15) is 4.79 Å². The van der Waals surface area contributed by atoms with Crippen molar-refractivity contribution < 1.29 is 9.52 Å². The molecule has 1 unspecified atom stereocenters. The van der Waals surface area contributed by atoms with E-state index in [1.54, 1.807) is 12.1 Å². The summed E-state index contributed by atoms with van der Waals surface area (Å²) in [5.74, 6) is -0.509. The highest BCUT2D eigenvalue weighted by atomic mass is 16.4. The number of anilines is 2. The maximum absolute atomic E-state index is 11.0. The Morgan fingerprint density at radius 3 is 3.00 bits per heavy atom. The number of aliphatic hydroxyl groups excluding tert-OH is 1. The van der Waals surface area contributed by atoms with Crippen molar-refractivity contribution in [1.29, 1.82) is 0 Å². The molecule has 0 spiro atoms. The van der Waals surface area contributed by atoms with Crippen LogP contribution in [0.15, 0.2) is 21.3 Å². The Kier molecular flexibility index (Phi) is 3.06. The Hall–Kier alpha value is -1.95. The minimum absolute atomic E-state index is 0.0237. The summed E-state index contributed by atoms with van der Waals surface area (Å²) < 4.78 is 4.89. The molecule has 0 aliphatic rings. The van der Waals surface area contributed by atoms with E-state index in [2.05, 4.69) is 10.3 Å². The van der Waals surface area contributed by atoms with E-state index >= 15 is 0 Å². The van der Waals surface area contributed by atoms with Crippen LogP contribution in [-0.4, -0.2) is 22.7 Å². The predicted molar refractivity (Wildman–Crippen MR) is 66.0 cm³/mol. The lowest BCUT2D eigenvalue weighted by Crippen LogP contribution is -2.23. The lowest BCUT2D eigenvalue weighted by atomic mass is 10.2. The van der Waals surface area contributed by atoms with Gasteiger partial charge in [-0.25, -0.2) is 4.79 Å². The molecule has 0 amide bonds. The number of H-pyrrole nitrogens is 1. The molecule has 92 valence electrons. The van der Waals surface area contributed by atoms with E-state index in [-0.39, 0.29) is 12.6 Å². The summed E-state index contributed by atoms with van der Waals surface area (Å²) in [6.07, 6.45) is 0.774. The van der Waals surface area contributed by atoms with E-state index in [1.807, 2.05) is 6.92 Å². The van der Waals surface area contributed by atoms with Crippen LogP contribution in [0.5, 0.6) is 0 Å². The van der Waals surface area contributed by atoms with Crippen LogP contribution in [0.1, 0.15) is 13.3 Å². The van der Waals surface area contributed by atoms with Gasteiger partial charge in [-0.2, -0.15) is 0 Å². The van der Waals surface area contributed by atoms with E-state index < -0.39 is 5.76 Å². The molecular weight excluding hydrogens is 222 g/mol. The van der Waals surface area contributed by atoms with Gasteiger partial charge in [0.25, 0.3) is 0 Å². The predicted octanol–water partition coefficient (Wildman–Crippen LogP) is 0.886. The Labute approximate surface area is 97.4 Å². The fraction of sp³-hybridized carbons (Fsp3) is 0.364. The Balaban J connectivity index is 2.39. The fourth-order valence-corrected chi connectivity index (χ4v) is 1.63. The molecule has 0 aliphatic heterocycles. The first-order chi connectivity index (χ1) is 8.13. The average Bonchev–Trinajstić information content (AvgIpc) is 2.65. The summed E-state index contributed by atoms with van der Waals surface area (Å²) in [6.45, 7) is 1.98.